The van der Waals surface area contributed by atoms with Gasteiger partial charge in [0, 0.05) is 27.7 Å². The smallest absolute Gasteiger partial charge is 0.217 e. The second-order valence-electron chi connectivity index (χ2n) is 25.4. The first-order valence-corrected chi connectivity index (χ1v) is 32.1. The van der Waals surface area contributed by atoms with Crippen molar-refractivity contribution in [2.45, 2.75) is 273 Å². The molecule has 0 aromatic heterocycles. The molecule has 0 aliphatic carbocycles. The Labute approximate surface area is 572 Å². The van der Waals surface area contributed by atoms with E-state index in [9.17, 15) is 132 Å². The van der Waals surface area contributed by atoms with Crippen molar-refractivity contribution in [3.05, 3.63) is 0 Å². The molecule has 8 rings (SSSR count). The van der Waals surface area contributed by atoms with Crippen LogP contribution >= 0.6 is 0 Å². The summed E-state index contributed by atoms with van der Waals surface area (Å²) in [5.74, 6) is -3.43. The molecule has 584 valence electrons. The summed E-state index contributed by atoms with van der Waals surface area (Å²) in [5.41, 5.74) is 0. The van der Waals surface area contributed by atoms with E-state index in [1.165, 1.54) is 0 Å². The molecule has 0 spiro atoms. The minimum absolute atomic E-state index is 0.785. The molecule has 8 fully saturated rings. The fourth-order valence-corrected chi connectivity index (χ4v) is 13.0. The van der Waals surface area contributed by atoms with Gasteiger partial charge in [-0.1, -0.05) is 0 Å². The van der Waals surface area contributed by atoms with Crippen molar-refractivity contribution >= 4 is 23.6 Å². The molecule has 26 N–H and O–H groups in total. The lowest BCUT2D eigenvalue weighted by molar-refractivity contribution is -0.386. The maximum absolute atomic E-state index is 12.9. The second-order valence-corrected chi connectivity index (χ2v) is 25.4. The van der Waals surface area contributed by atoms with Gasteiger partial charge >= 0.3 is 0 Å². The molecular weight excluding hydrogens is 1380 g/mol. The van der Waals surface area contributed by atoms with E-state index in [0.29, 0.717) is 0 Å². The maximum Gasteiger partial charge on any atom is 0.217 e. The Bertz CT molecular complexity index is 2640. The van der Waals surface area contributed by atoms with Gasteiger partial charge in [-0.05, 0) is 0 Å². The van der Waals surface area contributed by atoms with Gasteiger partial charge in [-0.25, -0.2) is 0 Å². The first-order valence-electron chi connectivity index (χ1n) is 32.1. The molecule has 0 unspecified atom stereocenters. The molecule has 45 heteroatoms. The molecule has 0 saturated carbocycles. The average Bonchev–Trinajstić information content (AvgIpc) is 0.775. The van der Waals surface area contributed by atoms with Gasteiger partial charge in [0.25, 0.3) is 0 Å². The molecule has 8 aliphatic heterocycles. The molecule has 0 bridgehead atoms. The topological polar surface area (TPSA) is 700 Å². The summed E-state index contributed by atoms with van der Waals surface area (Å²) in [7, 11) is 0. The Kier molecular flexibility index (Phi) is 29.9. The fraction of sp³-hybridized carbons (Fsp3) is 0.929. The molecule has 8 saturated heterocycles. The van der Waals surface area contributed by atoms with Gasteiger partial charge in [0.1, 0.15) is 195 Å². The lowest BCUT2D eigenvalue weighted by atomic mass is 9.93. The molecule has 40 atom stereocenters. The highest BCUT2D eigenvalue weighted by Gasteiger charge is 2.60. The predicted molar refractivity (Wildman–Crippen MR) is 311 cm³/mol. The molecule has 0 radical (unpaired) electrons. The molecule has 4 amide bonds. The normalized spacial score (nSPS) is 48.3. The van der Waals surface area contributed by atoms with Crippen molar-refractivity contribution in [1.82, 2.24) is 21.3 Å². The van der Waals surface area contributed by atoms with Crippen LogP contribution in [0.25, 0.3) is 0 Å². The van der Waals surface area contributed by atoms with Crippen molar-refractivity contribution in [2.75, 3.05) is 52.9 Å². The lowest BCUT2D eigenvalue weighted by Crippen LogP contribution is -2.71. The van der Waals surface area contributed by atoms with Gasteiger partial charge in [0.05, 0.1) is 52.9 Å². The van der Waals surface area contributed by atoms with E-state index in [4.69, 9.17) is 71.1 Å². The quantitative estimate of drug-likeness (QED) is 0.0382. The average molecular weight is 1480 g/mol. The van der Waals surface area contributed by atoms with Crippen LogP contribution in [-0.4, -0.2) is 434 Å². The van der Waals surface area contributed by atoms with Crippen molar-refractivity contribution in [3.63, 3.8) is 0 Å². The molecule has 0 aromatic carbocycles. The zero-order chi connectivity index (χ0) is 74.5. The van der Waals surface area contributed by atoms with Crippen molar-refractivity contribution in [1.29, 1.82) is 0 Å². The fourth-order valence-electron chi connectivity index (χ4n) is 13.0. The van der Waals surface area contributed by atoms with E-state index < -0.39 is 322 Å². The van der Waals surface area contributed by atoms with Gasteiger partial charge in [-0.3, -0.25) is 19.2 Å². The Morgan fingerprint density at radius 2 is 0.515 bits per heavy atom. The van der Waals surface area contributed by atoms with Crippen LogP contribution < -0.4 is 21.3 Å². The Hall–Kier alpha value is -3.60. The Balaban J connectivity index is 0.964. The molecule has 101 heavy (non-hydrogen) atoms. The third-order valence-electron chi connectivity index (χ3n) is 18.2. The number of aliphatic hydroxyl groups excluding tert-OH is 22. The third kappa shape index (κ3) is 18.5. The molecule has 8 heterocycles. The van der Waals surface area contributed by atoms with Gasteiger partial charge in [-0.2, -0.15) is 0 Å². The molecular formula is C56H94N4O41. The first kappa shape index (κ1) is 83.0. The summed E-state index contributed by atoms with van der Waals surface area (Å²) in [6.07, 6.45) is -70.2. The minimum Gasteiger partial charge on any atom is -0.394 e. The van der Waals surface area contributed by atoms with Crippen LogP contribution in [0.4, 0.5) is 0 Å². The summed E-state index contributed by atoms with van der Waals surface area (Å²) in [5, 5.41) is 250. The highest BCUT2D eigenvalue weighted by molar-refractivity contribution is 5.74. The van der Waals surface area contributed by atoms with E-state index in [-0.39, 0.29) is 0 Å². The van der Waals surface area contributed by atoms with Crippen molar-refractivity contribution < 1.29 is 203 Å². The van der Waals surface area contributed by atoms with E-state index >= 15 is 0 Å². The standard InChI is InChI=1S/C56H94N4O41/c1-13(68)57-25-34(77)43(21(9-65)93-50(25)87-12-24-33(76)46(28(49(86)88-24)60-16(4)71)99-54-40(83)38(81)30(73)18(6-62)90-54)97-55-41(84)47(31(74)19(7-63)91-55)101-52-27(59-15(3)70)36(79)45(23(11-67)95-52)98-56-42(85)48(32(75)20(8-64)92-56)100-51-26(58-14(2)69)35(78)44(22(10-66)94-51)96-53-39(82)37(80)29(72)17(5-61)89-53/h17-56,61-67,72-86H,5-12H2,1-4H3,(H,57,68)(H,58,69)(H,59,70)(H,60,71)/t17-,18-,19-,20-,21-,22-,23-,24-,25-,26-,27-,28-,29+,30+,31+,32+,33+,34-,35-,36-,37+,38+,39+,40-,41-,42-,43-,44-,45-,46-,47+,48-,49+,50-,51+,52+,53+,54+,55+,56+/m1/s1. The monoisotopic (exact) mass is 1480 g/mol. The largest absolute Gasteiger partial charge is 0.394 e. The Morgan fingerprint density at radius 1 is 0.257 bits per heavy atom. The zero-order valence-electron chi connectivity index (χ0n) is 54.3. The van der Waals surface area contributed by atoms with E-state index in [1.807, 2.05) is 0 Å². The van der Waals surface area contributed by atoms with Crippen LogP contribution in [0.15, 0.2) is 0 Å². The van der Waals surface area contributed by atoms with Crippen LogP contribution in [0, 0.1) is 0 Å². The molecule has 8 aliphatic rings. The highest BCUT2D eigenvalue weighted by atomic mass is 16.8. The van der Waals surface area contributed by atoms with Crippen LogP contribution in [-0.2, 0) is 90.2 Å². The number of carbonyl (C=O) groups excluding carboxylic acids is 4. The second kappa shape index (κ2) is 36.3. The summed E-state index contributed by atoms with van der Waals surface area (Å²) in [6, 6.07) is -7.09. The van der Waals surface area contributed by atoms with E-state index in [1.54, 1.807) is 0 Å². The van der Waals surface area contributed by atoms with Crippen LogP contribution in [0.2, 0.25) is 0 Å². The van der Waals surface area contributed by atoms with Crippen LogP contribution in [0.1, 0.15) is 27.7 Å². The SMILES string of the molecule is CC(=O)N[C@@H]1[C@@H](O[C@@H]2O[C@H](CO)[C@H](O)[C@H](O)[C@H]2O)[C@@H](O)[C@@H](CO[C@@H]2O[C@H](CO)[C@@H](O[C@@H]3O[C@H](CO)[C@H](O)[C@H](O[C@@H]4O[C@H](CO)[C@@H](O[C@@H]5O[C@H](CO)[C@H](O)[C@@H](O[C@@H]6O[C@H](CO)[C@@H](O[C@@H]7O[C@H](CO)[C@H](O)[C@H](O)[C@@H]7O)[C@H](O)[C@H]6NC(C)=O)[C@H]5O)[C@H](O)[C@H]4NC(C)=O)[C@H]3O)[C@H](O)[C@H]2NC(C)=O)O[C@@H]1O. The number of hydrogen-bond acceptors (Lipinski definition) is 41. The lowest BCUT2D eigenvalue weighted by Gasteiger charge is -2.51. The zero-order valence-corrected chi connectivity index (χ0v) is 54.3. The summed E-state index contributed by atoms with van der Waals surface area (Å²) >= 11 is 0. The minimum atomic E-state index is -2.30. The van der Waals surface area contributed by atoms with Crippen LogP contribution in [0.3, 0.4) is 0 Å². The van der Waals surface area contributed by atoms with Gasteiger partial charge in [-0.15, -0.1) is 0 Å². The third-order valence-corrected chi connectivity index (χ3v) is 18.2. The summed E-state index contributed by atoms with van der Waals surface area (Å²) < 4.78 is 86.9. The van der Waals surface area contributed by atoms with Gasteiger partial charge in [0.2, 0.25) is 23.6 Å². The van der Waals surface area contributed by atoms with Crippen LogP contribution in [0.5, 0.6) is 0 Å². The summed E-state index contributed by atoms with van der Waals surface area (Å²) in [4.78, 5) is 50.4. The van der Waals surface area contributed by atoms with Gasteiger partial charge < -0.3 is 205 Å². The summed E-state index contributed by atoms with van der Waals surface area (Å²) in [6.45, 7) is -4.09. The van der Waals surface area contributed by atoms with Gasteiger partial charge in [0.15, 0.2) is 50.3 Å². The number of nitrogens with one attached hydrogen (secondary N) is 4. The number of carbonyl (C=O) groups is 4. The number of aliphatic hydroxyl groups is 22. The number of ether oxygens (including phenoxy) is 15. The maximum atomic E-state index is 12.9. The molecule has 45 nitrogen and oxygen atoms in total. The first-order chi connectivity index (χ1) is 47.8. The van der Waals surface area contributed by atoms with E-state index in [2.05, 4.69) is 21.3 Å². The highest BCUT2D eigenvalue weighted by Crippen LogP contribution is 2.39. The van der Waals surface area contributed by atoms with E-state index in [0.717, 1.165) is 27.7 Å². The Morgan fingerprint density at radius 3 is 0.842 bits per heavy atom. The predicted octanol–water partition coefficient (Wildman–Crippen LogP) is -17.9. The number of amides is 4. The molecule has 0 aromatic rings. The van der Waals surface area contributed by atoms with Crippen molar-refractivity contribution in [3.8, 4) is 0 Å². The number of hydrogen-bond donors (Lipinski definition) is 26. The number of rotatable bonds is 26. The van der Waals surface area contributed by atoms with Crippen molar-refractivity contribution in [2.24, 2.45) is 0 Å².